The van der Waals surface area contributed by atoms with Gasteiger partial charge in [-0.25, -0.2) is 31.1 Å². The van der Waals surface area contributed by atoms with Crippen molar-refractivity contribution in [2.24, 2.45) is 0 Å². The number of ether oxygens (including phenoxy) is 2. The van der Waals surface area contributed by atoms with E-state index in [0.29, 0.717) is 62.8 Å². The van der Waals surface area contributed by atoms with Gasteiger partial charge in [0.05, 0.1) is 13.2 Å². The zero-order chi connectivity index (χ0) is 23.5. The fraction of sp³-hybridized carbons (Fsp3) is 0.435. The summed E-state index contributed by atoms with van der Waals surface area (Å²) in [5, 5.41) is 0. The van der Waals surface area contributed by atoms with Gasteiger partial charge < -0.3 is 9.47 Å². The second-order valence-corrected chi connectivity index (χ2v) is 7.26. The third kappa shape index (κ3) is 8.43. The van der Waals surface area contributed by atoms with Crippen LogP contribution in [0.4, 0.5) is 31.1 Å². The number of rotatable bonds is 12. The van der Waals surface area contributed by atoms with E-state index >= 15 is 0 Å². The average Bonchev–Trinajstić information content (AvgIpc) is 2.70. The first-order valence-electron chi connectivity index (χ1n) is 10.3. The van der Waals surface area contributed by atoms with Crippen molar-refractivity contribution >= 4 is 6.16 Å². The minimum atomic E-state index is -0.966. The van der Waals surface area contributed by atoms with Gasteiger partial charge >= 0.3 is 6.16 Å². The molecule has 0 aliphatic heterocycles. The first-order chi connectivity index (χ1) is 15.3. The first-order valence-corrected chi connectivity index (χ1v) is 10.3. The lowest BCUT2D eigenvalue weighted by atomic mass is 10.1. The van der Waals surface area contributed by atoms with Crippen LogP contribution in [0, 0.1) is 34.9 Å². The van der Waals surface area contributed by atoms with E-state index in [-0.39, 0.29) is 37.2 Å². The Hall–Kier alpha value is -2.71. The molecule has 2 aromatic carbocycles. The summed E-state index contributed by atoms with van der Waals surface area (Å²) in [5.41, 5.74) is -0.340. The second-order valence-electron chi connectivity index (χ2n) is 7.26. The zero-order valence-electron chi connectivity index (χ0n) is 17.4. The smallest absolute Gasteiger partial charge is 0.434 e. The van der Waals surface area contributed by atoms with E-state index in [2.05, 4.69) is 0 Å². The molecule has 2 rings (SSSR count). The van der Waals surface area contributed by atoms with E-state index in [1.807, 2.05) is 0 Å². The van der Waals surface area contributed by atoms with Crippen molar-refractivity contribution in [3.63, 3.8) is 0 Å². The lowest BCUT2D eigenvalue weighted by molar-refractivity contribution is 0.0529. The summed E-state index contributed by atoms with van der Waals surface area (Å²) in [6, 6.07) is 2.54. The van der Waals surface area contributed by atoms with Crippen molar-refractivity contribution < 1.29 is 40.6 Å². The van der Waals surface area contributed by atoms with Crippen LogP contribution in [0.2, 0.25) is 0 Å². The van der Waals surface area contributed by atoms with E-state index < -0.39 is 41.1 Å². The molecule has 0 fully saturated rings. The Labute approximate surface area is 182 Å². The predicted molar refractivity (Wildman–Crippen MR) is 105 cm³/mol. The molecule has 176 valence electrons. The maximum absolute atomic E-state index is 13.5. The van der Waals surface area contributed by atoms with Crippen LogP contribution < -0.4 is 0 Å². The Balaban J connectivity index is 1.50. The molecule has 0 unspecified atom stereocenters. The van der Waals surface area contributed by atoms with Gasteiger partial charge in [-0.2, -0.15) is 0 Å². The molecule has 0 aliphatic rings. The normalized spacial score (nSPS) is 10.9. The fourth-order valence-corrected chi connectivity index (χ4v) is 3.14. The van der Waals surface area contributed by atoms with Gasteiger partial charge in [0, 0.05) is 35.4 Å². The van der Waals surface area contributed by atoms with Crippen LogP contribution in [0.5, 0.6) is 0 Å². The van der Waals surface area contributed by atoms with Crippen LogP contribution >= 0.6 is 0 Å². The minimum Gasteiger partial charge on any atom is -0.434 e. The van der Waals surface area contributed by atoms with Crippen LogP contribution in [-0.4, -0.2) is 19.4 Å². The van der Waals surface area contributed by atoms with Gasteiger partial charge in [-0.15, -0.1) is 0 Å². The Kier molecular flexibility index (Phi) is 10.4. The molecular weight excluding hydrogens is 438 g/mol. The number of unbranched alkanes of at least 4 members (excludes halogenated alkanes) is 4. The predicted octanol–water partition coefficient (Wildman–Crippen LogP) is 6.80. The van der Waals surface area contributed by atoms with Gasteiger partial charge in [0.2, 0.25) is 0 Å². The molecule has 0 saturated heterocycles. The molecule has 0 N–H and O–H groups in total. The van der Waals surface area contributed by atoms with Crippen LogP contribution in [0.25, 0.3) is 0 Å². The SMILES string of the molecule is O=C(OCCCCCc1c(F)cc(F)cc1F)OCCCCCc1c(F)cc(F)cc1F. The van der Waals surface area contributed by atoms with Gasteiger partial charge in [-0.05, 0) is 51.4 Å². The number of benzene rings is 2. The Morgan fingerprint density at radius 2 is 0.906 bits per heavy atom. The molecule has 0 aliphatic carbocycles. The van der Waals surface area contributed by atoms with Crippen LogP contribution in [-0.2, 0) is 22.3 Å². The molecule has 0 atom stereocenters. The lowest BCUT2D eigenvalue weighted by Gasteiger charge is -2.08. The highest BCUT2D eigenvalue weighted by Crippen LogP contribution is 2.18. The van der Waals surface area contributed by atoms with Crippen molar-refractivity contribution in [1.29, 1.82) is 0 Å². The Morgan fingerprint density at radius 3 is 1.25 bits per heavy atom. The van der Waals surface area contributed by atoms with Crippen molar-refractivity contribution in [2.75, 3.05) is 13.2 Å². The summed E-state index contributed by atoms with van der Waals surface area (Å²) in [5.74, 6) is -5.62. The van der Waals surface area contributed by atoms with Gasteiger partial charge in [0.15, 0.2) is 0 Å². The van der Waals surface area contributed by atoms with Crippen molar-refractivity contribution in [3.05, 3.63) is 70.3 Å². The standard InChI is InChI=1S/C23H24F6O3/c24-15-11-19(26)17(20(27)12-15)7-3-1-5-9-31-23(30)32-10-6-2-4-8-18-21(28)13-16(25)14-22(18)29/h11-14H,1-10H2. The van der Waals surface area contributed by atoms with E-state index in [1.165, 1.54) is 0 Å². The summed E-state index contributed by atoms with van der Waals surface area (Å²) in [4.78, 5) is 11.5. The summed E-state index contributed by atoms with van der Waals surface area (Å²) in [6.07, 6.45) is 2.25. The molecule has 0 aromatic heterocycles. The largest absolute Gasteiger partial charge is 0.508 e. The third-order valence-electron chi connectivity index (χ3n) is 4.79. The zero-order valence-corrected chi connectivity index (χ0v) is 17.4. The molecule has 0 bridgehead atoms. The van der Waals surface area contributed by atoms with Crippen molar-refractivity contribution in [3.8, 4) is 0 Å². The van der Waals surface area contributed by atoms with Crippen LogP contribution in [0.15, 0.2) is 24.3 Å². The lowest BCUT2D eigenvalue weighted by Crippen LogP contribution is -2.09. The van der Waals surface area contributed by atoms with Gasteiger partial charge in [0.25, 0.3) is 0 Å². The van der Waals surface area contributed by atoms with Crippen LogP contribution in [0.1, 0.15) is 49.7 Å². The molecule has 9 heteroatoms. The molecule has 0 amide bonds. The van der Waals surface area contributed by atoms with Crippen molar-refractivity contribution in [2.45, 2.75) is 51.4 Å². The first kappa shape index (κ1) is 25.5. The second kappa shape index (κ2) is 13.0. The molecular formula is C23H24F6O3. The van der Waals surface area contributed by atoms with Crippen molar-refractivity contribution in [1.82, 2.24) is 0 Å². The number of hydrogen-bond donors (Lipinski definition) is 0. The van der Waals surface area contributed by atoms with Crippen LogP contribution in [0.3, 0.4) is 0 Å². The fourth-order valence-electron chi connectivity index (χ4n) is 3.14. The molecule has 0 heterocycles. The molecule has 0 radical (unpaired) electrons. The highest BCUT2D eigenvalue weighted by Gasteiger charge is 2.12. The molecule has 3 nitrogen and oxygen atoms in total. The molecule has 0 spiro atoms. The summed E-state index contributed by atoms with van der Waals surface area (Å²) >= 11 is 0. The third-order valence-corrected chi connectivity index (χ3v) is 4.79. The van der Waals surface area contributed by atoms with Gasteiger partial charge in [-0.3, -0.25) is 0 Å². The number of halogens is 6. The number of carbonyl (C=O) groups excluding carboxylic acids is 1. The van der Waals surface area contributed by atoms with Gasteiger partial charge in [-0.1, -0.05) is 0 Å². The summed E-state index contributed by atoms with van der Waals surface area (Å²) in [7, 11) is 0. The topological polar surface area (TPSA) is 35.5 Å². The number of carbonyl (C=O) groups is 1. The minimum absolute atomic E-state index is 0.0797. The number of hydrogen-bond acceptors (Lipinski definition) is 3. The van der Waals surface area contributed by atoms with E-state index in [0.717, 1.165) is 0 Å². The van der Waals surface area contributed by atoms with E-state index in [1.54, 1.807) is 0 Å². The summed E-state index contributed by atoms with van der Waals surface area (Å²) < 4.78 is 89.5. The molecule has 0 saturated carbocycles. The van der Waals surface area contributed by atoms with Gasteiger partial charge in [0.1, 0.15) is 34.9 Å². The maximum atomic E-state index is 13.5. The monoisotopic (exact) mass is 462 g/mol. The maximum Gasteiger partial charge on any atom is 0.508 e. The van der Waals surface area contributed by atoms with E-state index in [4.69, 9.17) is 9.47 Å². The molecule has 2 aromatic rings. The quantitative estimate of drug-likeness (QED) is 0.198. The van der Waals surface area contributed by atoms with E-state index in [9.17, 15) is 31.1 Å². The Morgan fingerprint density at radius 1 is 0.562 bits per heavy atom. The highest BCUT2D eigenvalue weighted by molar-refractivity contribution is 5.59. The average molecular weight is 462 g/mol. The highest BCUT2D eigenvalue weighted by atomic mass is 19.2. The summed E-state index contributed by atoms with van der Waals surface area (Å²) in [6.45, 7) is 0.159. The molecule has 32 heavy (non-hydrogen) atoms. The Bertz CT molecular complexity index is 786.